The van der Waals surface area contributed by atoms with Crippen molar-refractivity contribution in [1.29, 1.82) is 0 Å². The zero-order chi connectivity index (χ0) is 26.6. The minimum Gasteiger partial charge on any atom is -0.469 e. The summed E-state index contributed by atoms with van der Waals surface area (Å²) in [5, 5.41) is 11.3. The minimum absolute atomic E-state index is 0.0685. The molecule has 3 aromatic carbocycles. The summed E-state index contributed by atoms with van der Waals surface area (Å²) in [4.78, 5) is 11.7. The Morgan fingerprint density at radius 1 is 0.816 bits per heavy atom. The molecule has 1 fully saturated rings. The van der Waals surface area contributed by atoms with Crippen molar-refractivity contribution in [3.63, 3.8) is 0 Å². The van der Waals surface area contributed by atoms with Crippen LogP contribution in [0.1, 0.15) is 29.5 Å². The van der Waals surface area contributed by atoms with Crippen LogP contribution in [0.4, 0.5) is 0 Å². The quantitative estimate of drug-likeness (QED) is 0.221. The molecule has 1 saturated heterocycles. The highest BCUT2D eigenvalue weighted by Gasteiger charge is 2.50. The van der Waals surface area contributed by atoms with E-state index >= 15 is 0 Å². The maximum Gasteiger partial charge on any atom is 0.305 e. The molecule has 3 aromatic rings. The van der Waals surface area contributed by atoms with Crippen LogP contribution < -0.4 is 0 Å². The van der Waals surface area contributed by atoms with Crippen LogP contribution in [0.5, 0.6) is 0 Å². The van der Waals surface area contributed by atoms with Crippen LogP contribution in [-0.2, 0) is 48.3 Å². The van der Waals surface area contributed by atoms with Gasteiger partial charge in [-0.25, -0.2) is 0 Å². The zero-order valence-corrected chi connectivity index (χ0v) is 21.7. The number of aliphatic hydroxyl groups is 1. The molecule has 1 heterocycles. The fourth-order valence-corrected chi connectivity index (χ4v) is 4.34. The van der Waals surface area contributed by atoms with Crippen molar-refractivity contribution >= 4 is 5.97 Å². The van der Waals surface area contributed by atoms with E-state index in [1.165, 1.54) is 7.11 Å². The molecule has 5 atom stereocenters. The average molecular weight is 521 g/mol. The van der Waals surface area contributed by atoms with Crippen molar-refractivity contribution in [3.8, 4) is 0 Å². The second kappa shape index (κ2) is 14.8. The van der Waals surface area contributed by atoms with E-state index < -0.39 is 18.3 Å². The SMILES string of the molecule is COC(=O)CC[C@H]1O[C@@H]1[C@@H](OCc1ccccc1)[C@H](OCc1ccccc1)[C@@H](O)COCc1ccccc1. The summed E-state index contributed by atoms with van der Waals surface area (Å²) in [5.41, 5.74) is 3.00. The molecule has 38 heavy (non-hydrogen) atoms. The summed E-state index contributed by atoms with van der Waals surface area (Å²) in [6.07, 6.45) is -2.01. The van der Waals surface area contributed by atoms with Crippen LogP contribution >= 0.6 is 0 Å². The maximum absolute atomic E-state index is 11.7. The monoisotopic (exact) mass is 520 g/mol. The summed E-state index contributed by atoms with van der Waals surface area (Å²) in [7, 11) is 1.37. The third-order valence-corrected chi connectivity index (χ3v) is 6.48. The Morgan fingerprint density at radius 2 is 1.34 bits per heavy atom. The van der Waals surface area contributed by atoms with Gasteiger partial charge < -0.3 is 28.8 Å². The van der Waals surface area contributed by atoms with Gasteiger partial charge in [0.2, 0.25) is 0 Å². The van der Waals surface area contributed by atoms with Crippen molar-refractivity contribution in [1.82, 2.24) is 0 Å². The first-order chi connectivity index (χ1) is 18.6. The number of methoxy groups -OCH3 is 1. The molecule has 1 aliphatic rings. The van der Waals surface area contributed by atoms with E-state index in [0.717, 1.165) is 16.7 Å². The number of hydrogen-bond acceptors (Lipinski definition) is 7. The van der Waals surface area contributed by atoms with E-state index in [2.05, 4.69) is 0 Å². The number of carbonyl (C=O) groups is 1. The van der Waals surface area contributed by atoms with Crippen molar-refractivity contribution < 1.29 is 33.6 Å². The lowest BCUT2D eigenvalue weighted by atomic mass is 10.0. The van der Waals surface area contributed by atoms with Gasteiger partial charge in [0, 0.05) is 6.42 Å². The van der Waals surface area contributed by atoms with E-state index in [1.807, 2.05) is 91.0 Å². The van der Waals surface area contributed by atoms with Crippen LogP contribution in [0.15, 0.2) is 91.0 Å². The summed E-state index contributed by atoms with van der Waals surface area (Å²) >= 11 is 0. The Morgan fingerprint density at radius 3 is 1.89 bits per heavy atom. The number of rotatable bonds is 16. The van der Waals surface area contributed by atoms with Crippen LogP contribution in [-0.4, -0.2) is 55.3 Å². The molecule has 0 aromatic heterocycles. The second-order valence-corrected chi connectivity index (χ2v) is 9.34. The molecule has 4 rings (SSSR count). The normalized spacial score (nSPS) is 18.9. The number of esters is 1. The van der Waals surface area contributed by atoms with Crippen LogP contribution in [0, 0.1) is 0 Å². The summed E-state index contributed by atoms with van der Waals surface area (Å²) in [5.74, 6) is -0.285. The predicted octanol–water partition coefficient (Wildman–Crippen LogP) is 4.46. The van der Waals surface area contributed by atoms with Gasteiger partial charge in [-0.05, 0) is 23.1 Å². The van der Waals surface area contributed by atoms with Crippen LogP contribution in [0.25, 0.3) is 0 Å². The van der Waals surface area contributed by atoms with E-state index in [0.29, 0.717) is 26.2 Å². The van der Waals surface area contributed by atoms with E-state index in [9.17, 15) is 9.90 Å². The summed E-state index contributed by atoms with van der Waals surface area (Å²) in [6.45, 7) is 1.07. The van der Waals surface area contributed by atoms with Crippen molar-refractivity contribution in [2.75, 3.05) is 13.7 Å². The standard InChI is InChI=1S/C31H36O7/c1-34-28(33)18-17-27-30(38-27)31(37-21-25-15-9-4-10-16-25)29(36-20-24-13-7-3-8-14-24)26(32)22-35-19-23-11-5-2-6-12-23/h2-16,26-27,29-32H,17-22H2,1H3/t26-,27+,29+,30-,31-/m0/s1. The molecular formula is C31H36O7. The highest BCUT2D eigenvalue weighted by Crippen LogP contribution is 2.35. The maximum atomic E-state index is 11.7. The molecule has 1 N–H and O–H groups in total. The number of epoxide rings is 1. The smallest absolute Gasteiger partial charge is 0.305 e. The van der Waals surface area contributed by atoms with Crippen molar-refractivity contribution in [2.24, 2.45) is 0 Å². The number of benzene rings is 3. The van der Waals surface area contributed by atoms with Gasteiger partial charge in [-0.15, -0.1) is 0 Å². The molecule has 0 bridgehead atoms. The Labute approximate surface area is 224 Å². The van der Waals surface area contributed by atoms with Gasteiger partial charge in [0.1, 0.15) is 24.4 Å². The summed E-state index contributed by atoms with van der Waals surface area (Å²) < 4.78 is 29.3. The molecule has 0 spiro atoms. The largest absolute Gasteiger partial charge is 0.469 e. The molecule has 1 aliphatic heterocycles. The Balaban J connectivity index is 1.47. The first kappa shape index (κ1) is 28.0. The topological polar surface area (TPSA) is 86.8 Å². The molecule has 0 aliphatic carbocycles. The van der Waals surface area contributed by atoms with Crippen molar-refractivity contribution in [2.45, 2.75) is 63.2 Å². The number of carbonyl (C=O) groups excluding carboxylic acids is 1. The highest BCUT2D eigenvalue weighted by molar-refractivity contribution is 5.69. The van der Waals surface area contributed by atoms with Gasteiger partial charge in [-0.2, -0.15) is 0 Å². The molecule has 0 unspecified atom stereocenters. The molecule has 7 heteroatoms. The van der Waals surface area contributed by atoms with Crippen LogP contribution in [0.3, 0.4) is 0 Å². The van der Waals surface area contributed by atoms with Gasteiger partial charge in [0.25, 0.3) is 0 Å². The van der Waals surface area contributed by atoms with E-state index in [4.69, 9.17) is 23.7 Å². The first-order valence-corrected chi connectivity index (χ1v) is 13.0. The lowest BCUT2D eigenvalue weighted by molar-refractivity contribution is -0.153. The van der Waals surface area contributed by atoms with E-state index in [-0.39, 0.29) is 31.2 Å². The molecule has 7 nitrogen and oxygen atoms in total. The number of hydrogen-bond donors (Lipinski definition) is 1. The molecule has 0 amide bonds. The van der Waals surface area contributed by atoms with Gasteiger partial charge in [0.05, 0.1) is 39.6 Å². The summed E-state index contributed by atoms with van der Waals surface area (Å²) in [6, 6.07) is 29.4. The molecule has 0 radical (unpaired) electrons. The van der Waals surface area contributed by atoms with E-state index in [1.54, 1.807) is 0 Å². The number of ether oxygens (including phenoxy) is 5. The zero-order valence-electron chi connectivity index (χ0n) is 21.7. The predicted molar refractivity (Wildman–Crippen MR) is 142 cm³/mol. The molecule has 0 saturated carbocycles. The Hall–Kier alpha value is -3.07. The fourth-order valence-electron chi connectivity index (χ4n) is 4.34. The highest BCUT2D eigenvalue weighted by atomic mass is 16.6. The van der Waals surface area contributed by atoms with Gasteiger partial charge in [0.15, 0.2) is 0 Å². The average Bonchev–Trinajstić information content (AvgIpc) is 3.74. The van der Waals surface area contributed by atoms with Gasteiger partial charge >= 0.3 is 5.97 Å². The minimum atomic E-state index is -0.964. The van der Waals surface area contributed by atoms with Crippen LogP contribution in [0.2, 0.25) is 0 Å². The lowest BCUT2D eigenvalue weighted by Crippen LogP contribution is -2.46. The second-order valence-electron chi connectivity index (χ2n) is 9.34. The fraction of sp³-hybridized carbons (Fsp3) is 0.387. The molecular weight excluding hydrogens is 484 g/mol. The van der Waals surface area contributed by atoms with Crippen molar-refractivity contribution in [3.05, 3.63) is 108 Å². The number of aliphatic hydroxyl groups excluding tert-OH is 1. The lowest BCUT2D eigenvalue weighted by Gasteiger charge is -2.30. The van der Waals surface area contributed by atoms with Gasteiger partial charge in [-0.3, -0.25) is 4.79 Å². The Bertz CT molecular complexity index is 1080. The third kappa shape index (κ3) is 8.75. The Kier molecular flexibility index (Phi) is 10.9. The first-order valence-electron chi connectivity index (χ1n) is 13.0. The van der Waals surface area contributed by atoms with Gasteiger partial charge in [-0.1, -0.05) is 91.0 Å². The third-order valence-electron chi connectivity index (χ3n) is 6.48. The molecule has 202 valence electrons.